The molecular formula is C13H10F3N5OS. The van der Waals surface area contributed by atoms with E-state index in [0.29, 0.717) is 0 Å². The maximum Gasteiger partial charge on any atom is 0.434 e. The van der Waals surface area contributed by atoms with Gasteiger partial charge in [0.05, 0.1) is 6.20 Å². The molecule has 6 nitrogen and oxygen atoms in total. The Morgan fingerprint density at radius 1 is 1.17 bits per heavy atom. The summed E-state index contributed by atoms with van der Waals surface area (Å²) in [7, 11) is 0. The van der Waals surface area contributed by atoms with Crippen molar-refractivity contribution in [1.29, 1.82) is 0 Å². The molecule has 0 saturated carbocycles. The number of halogens is 3. The van der Waals surface area contributed by atoms with Crippen molar-refractivity contribution >= 4 is 17.2 Å². The molecule has 0 unspecified atom stereocenters. The maximum atomic E-state index is 12.3. The summed E-state index contributed by atoms with van der Waals surface area (Å²) in [6.07, 6.45) is 0.240. The predicted molar refractivity (Wildman–Crippen MR) is 77.0 cm³/mol. The first kappa shape index (κ1) is 16.6. The highest BCUT2D eigenvalue weighted by Gasteiger charge is 2.34. The van der Waals surface area contributed by atoms with E-state index in [1.165, 1.54) is 12.3 Å². The van der Waals surface area contributed by atoms with Crippen LogP contribution in [0.3, 0.4) is 0 Å². The monoisotopic (exact) mass is 341 g/mol. The zero-order valence-electron chi connectivity index (χ0n) is 11.4. The van der Waals surface area contributed by atoms with Crippen LogP contribution in [-0.4, -0.2) is 25.7 Å². The first-order valence-electron chi connectivity index (χ1n) is 6.11. The van der Waals surface area contributed by atoms with Crippen LogP contribution < -0.4 is 5.73 Å². The van der Waals surface area contributed by atoms with Gasteiger partial charge in [0.1, 0.15) is 5.69 Å². The smallest absolute Gasteiger partial charge is 0.364 e. The largest absolute Gasteiger partial charge is 0.434 e. The van der Waals surface area contributed by atoms with Gasteiger partial charge in [0.25, 0.3) is 5.91 Å². The number of carbonyl (C=O) groups is 1. The highest BCUT2D eigenvalue weighted by Crippen LogP contribution is 2.31. The molecular weight excluding hydrogens is 331 g/mol. The summed E-state index contributed by atoms with van der Waals surface area (Å²) in [6.45, 7) is 0. The zero-order chi connectivity index (χ0) is 16.9. The first-order chi connectivity index (χ1) is 10.9. The number of hydrogen-bond donors (Lipinski definition) is 1. The van der Waals surface area contributed by atoms with Gasteiger partial charge in [-0.3, -0.25) is 9.78 Å². The van der Waals surface area contributed by atoms with Crippen LogP contribution in [0.15, 0.2) is 48.2 Å². The molecule has 0 saturated heterocycles. The van der Waals surface area contributed by atoms with Gasteiger partial charge in [-0.05, 0) is 18.2 Å². The summed E-state index contributed by atoms with van der Waals surface area (Å²) < 4.78 is 37.9. The van der Waals surface area contributed by atoms with Crippen molar-refractivity contribution in [2.24, 2.45) is 5.73 Å². The third-order valence-electron chi connectivity index (χ3n) is 2.43. The molecule has 0 atom stereocenters. The maximum absolute atomic E-state index is 12.3. The fraction of sp³-hybridized carbons (Fsp3) is 0.0769. The number of amides is 1. The van der Waals surface area contributed by atoms with E-state index in [9.17, 15) is 18.0 Å². The Morgan fingerprint density at radius 3 is 2.30 bits per heavy atom. The molecule has 120 valence electrons. The van der Waals surface area contributed by atoms with E-state index in [-0.39, 0.29) is 10.8 Å². The Labute approximate surface area is 132 Å². The molecule has 3 aromatic rings. The Morgan fingerprint density at radius 2 is 1.87 bits per heavy atom. The van der Waals surface area contributed by atoms with Crippen LogP contribution in [0.25, 0.3) is 5.13 Å². The number of alkyl halides is 3. The van der Waals surface area contributed by atoms with E-state index in [4.69, 9.17) is 5.73 Å². The van der Waals surface area contributed by atoms with Crippen molar-refractivity contribution in [3.05, 3.63) is 59.6 Å². The summed E-state index contributed by atoms with van der Waals surface area (Å²) in [5, 5.41) is 4.49. The quantitative estimate of drug-likeness (QED) is 0.776. The zero-order valence-corrected chi connectivity index (χ0v) is 12.3. The van der Waals surface area contributed by atoms with Crippen molar-refractivity contribution < 1.29 is 18.0 Å². The SMILES string of the molecule is NC(=O)c1ccnn1-c1nc(C(F)(F)F)cs1.c1ccncc1. The number of primary amides is 1. The van der Waals surface area contributed by atoms with Crippen LogP contribution in [0.4, 0.5) is 13.2 Å². The van der Waals surface area contributed by atoms with Crippen molar-refractivity contribution in [1.82, 2.24) is 19.7 Å². The van der Waals surface area contributed by atoms with Crippen LogP contribution >= 0.6 is 11.3 Å². The van der Waals surface area contributed by atoms with Crippen LogP contribution in [-0.2, 0) is 6.18 Å². The Hall–Kier alpha value is -2.75. The van der Waals surface area contributed by atoms with Gasteiger partial charge in [-0.2, -0.15) is 18.3 Å². The van der Waals surface area contributed by atoms with Crippen LogP contribution in [0.2, 0.25) is 0 Å². The predicted octanol–water partition coefficient (Wildman–Crippen LogP) is 2.53. The Bertz CT molecular complexity index is 743. The second kappa shape index (κ2) is 7.01. The van der Waals surface area contributed by atoms with E-state index in [1.54, 1.807) is 12.4 Å². The molecule has 0 bridgehead atoms. The summed E-state index contributed by atoms with van der Waals surface area (Å²) >= 11 is 0.727. The van der Waals surface area contributed by atoms with Gasteiger partial charge in [0.15, 0.2) is 5.69 Å². The number of carbonyl (C=O) groups excluding carboxylic acids is 1. The Balaban J connectivity index is 0.000000268. The average molecular weight is 341 g/mol. The molecule has 1 amide bonds. The number of aromatic nitrogens is 4. The van der Waals surface area contributed by atoms with Crippen LogP contribution in [0.1, 0.15) is 16.2 Å². The van der Waals surface area contributed by atoms with Crippen molar-refractivity contribution in [3.63, 3.8) is 0 Å². The topological polar surface area (TPSA) is 86.7 Å². The molecule has 0 radical (unpaired) electrons. The van der Waals surface area contributed by atoms with Gasteiger partial charge >= 0.3 is 6.18 Å². The number of hydrogen-bond acceptors (Lipinski definition) is 5. The van der Waals surface area contributed by atoms with E-state index in [2.05, 4.69) is 15.1 Å². The van der Waals surface area contributed by atoms with E-state index in [1.807, 2.05) is 18.2 Å². The first-order valence-corrected chi connectivity index (χ1v) is 6.99. The lowest BCUT2D eigenvalue weighted by molar-refractivity contribution is -0.140. The average Bonchev–Trinajstić information content (AvgIpc) is 3.18. The Kier molecular flexibility index (Phi) is 5.06. The lowest BCUT2D eigenvalue weighted by Gasteiger charge is -2.01. The molecule has 3 heterocycles. The third-order valence-corrected chi connectivity index (χ3v) is 3.24. The fourth-order valence-corrected chi connectivity index (χ4v) is 2.25. The van der Waals surface area contributed by atoms with Gasteiger partial charge in [-0.1, -0.05) is 6.07 Å². The van der Waals surface area contributed by atoms with E-state index in [0.717, 1.165) is 21.4 Å². The standard InChI is InChI=1S/C8H5F3N4OS.C5H5N/c9-8(10,11)5-3-17-7(14-5)15-4(6(12)16)1-2-13-15;1-2-4-6-5-3-1/h1-3H,(H2,12,16);1-5H. The van der Waals surface area contributed by atoms with E-state index >= 15 is 0 Å². The van der Waals surface area contributed by atoms with Gasteiger partial charge in [-0.25, -0.2) is 9.67 Å². The number of pyridine rings is 1. The minimum absolute atomic E-state index is 0.0203. The lowest BCUT2D eigenvalue weighted by Crippen LogP contribution is -2.16. The second-order valence-electron chi connectivity index (χ2n) is 4.03. The molecule has 3 aromatic heterocycles. The molecule has 2 N–H and O–H groups in total. The normalized spacial score (nSPS) is 10.7. The van der Waals surface area contributed by atoms with Gasteiger partial charge in [-0.15, -0.1) is 11.3 Å². The summed E-state index contributed by atoms with van der Waals surface area (Å²) in [4.78, 5) is 18.1. The van der Waals surface area contributed by atoms with Gasteiger partial charge in [0.2, 0.25) is 5.13 Å². The highest BCUT2D eigenvalue weighted by molar-refractivity contribution is 7.12. The van der Waals surface area contributed by atoms with Crippen molar-refractivity contribution in [2.45, 2.75) is 6.18 Å². The minimum Gasteiger partial charge on any atom is -0.364 e. The molecule has 0 aliphatic carbocycles. The summed E-state index contributed by atoms with van der Waals surface area (Å²) in [6, 6.07) is 7.02. The second-order valence-corrected chi connectivity index (χ2v) is 4.87. The van der Waals surface area contributed by atoms with Gasteiger partial charge < -0.3 is 5.73 Å². The number of thiazole rings is 1. The minimum atomic E-state index is -4.52. The lowest BCUT2D eigenvalue weighted by atomic mass is 10.4. The molecule has 23 heavy (non-hydrogen) atoms. The fourth-order valence-electron chi connectivity index (χ4n) is 1.45. The van der Waals surface area contributed by atoms with Gasteiger partial charge in [0, 0.05) is 17.8 Å². The number of nitrogens with two attached hydrogens (primary N) is 1. The van der Waals surface area contributed by atoms with Crippen LogP contribution in [0, 0.1) is 0 Å². The molecule has 3 rings (SSSR count). The summed E-state index contributed by atoms with van der Waals surface area (Å²) in [5.74, 6) is -0.786. The van der Waals surface area contributed by atoms with Crippen molar-refractivity contribution in [3.8, 4) is 5.13 Å². The molecule has 0 aliphatic rings. The van der Waals surface area contributed by atoms with Crippen LogP contribution in [0.5, 0.6) is 0 Å². The molecule has 0 aromatic carbocycles. The van der Waals surface area contributed by atoms with E-state index < -0.39 is 17.8 Å². The number of nitrogens with zero attached hydrogens (tertiary/aromatic N) is 4. The van der Waals surface area contributed by atoms with Crippen molar-refractivity contribution in [2.75, 3.05) is 0 Å². The molecule has 0 spiro atoms. The third kappa shape index (κ3) is 4.36. The molecule has 0 fully saturated rings. The molecule has 0 aliphatic heterocycles. The summed E-state index contributed by atoms with van der Waals surface area (Å²) in [5.41, 5.74) is 4.00. The molecule has 10 heteroatoms. The number of rotatable bonds is 2. The highest BCUT2D eigenvalue weighted by atomic mass is 32.1.